The van der Waals surface area contributed by atoms with E-state index in [1.165, 1.54) is 28.3 Å². The standard InChI is InChI=1S/C61H99N5O17/c1-17-47-61(10,73)52(82-58(71)64-30-27-42-23-19-18-20-24-42)40(6)66(13)35-36(2)33-59(8,72)51(81-56-49(67)44(65(11)12)31-37(3)77-56)38(4)50(39(5)55(69)79-47)80-48-34-60(9,76-16)53(41(7)78-48)83-57(70)63-29-22-21-28-62-54(68)43-25-26-45(74-14)46(32-43)75-15/h18-20,23-26,32,36-41,44,47-53,56,67,72-73H,17,21-22,27-31,33-35H2,1-16H3,(H,62,68)(H,63,70)(H,64,71)/t36-,37-,38+,39-,40-,41+,44+,47-,48+,49-,50+,51-,52-,53+,56+,59-,60-,61-/m1/s1. The Hall–Kier alpha value is -4.88. The zero-order valence-corrected chi connectivity index (χ0v) is 52.0. The molecule has 2 aromatic rings. The number of likely N-dealkylation sites (N-methyl/N-ethyl adjacent to an activating group) is 2. The van der Waals surface area contributed by atoms with Crippen LogP contribution in [0.5, 0.6) is 11.5 Å². The lowest BCUT2D eigenvalue weighted by atomic mass is 9.77. The molecule has 0 radical (unpaired) electrons. The second kappa shape index (κ2) is 31.0. The van der Waals surface area contributed by atoms with Crippen LogP contribution in [-0.2, 0) is 49.1 Å². The quantitative estimate of drug-likeness (QED) is 0.0517. The van der Waals surface area contributed by atoms with Crippen molar-refractivity contribution in [2.75, 3.05) is 68.7 Å². The lowest BCUT2D eigenvalue weighted by Crippen LogP contribution is -2.61. The average molecular weight is 1170 g/mol. The average Bonchev–Trinajstić information content (AvgIpc) is 3.28. The Bertz CT molecular complexity index is 2370. The molecule has 3 fully saturated rings. The topological polar surface area (TPSA) is 264 Å². The lowest BCUT2D eigenvalue weighted by Gasteiger charge is -2.49. The van der Waals surface area contributed by atoms with Crippen molar-refractivity contribution in [1.82, 2.24) is 25.8 Å². The van der Waals surface area contributed by atoms with Gasteiger partial charge >= 0.3 is 18.2 Å². The van der Waals surface area contributed by atoms with E-state index in [0.717, 1.165) is 5.56 Å². The summed E-state index contributed by atoms with van der Waals surface area (Å²) in [6.07, 6.45) is -9.34. The first-order valence-electron chi connectivity index (χ1n) is 29.4. The molecule has 5 rings (SSSR count). The summed E-state index contributed by atoms with van der Waals surface area (Å²) in [6.45, 7) is 18.8. The number of nitrogens with one attached hydrogen (secondary N) is 3. The highest BCUT2D eigenvalue weighted by Gasteiger charge is 2.54. The minimum Gasteiger partial charge on any atom is -0.493 e. The molecule has 3 aliphatic heterocycles. The first-order valence-corrected chi connectivity index (χ1v) is 29.4. The van der Waals surface area contributed by atoms with Crippen LogP contribution in [0.1, 0.15) is 124 Å². The first kappa shape index (κ1) is 68.9. The van der Waals surface area contributed by atoms with Gasteiger partial charge in [-0.25, -0.2) is 9.59 Å². The zero-order valence-electron chi connectivity index (χ0n) is 52.0. The normalized spacial score (nSPS) is 35.0. The molecule has 0 unspecified atom stereocenters. The molecule has 0 spiro atoms. The highest BCUT2D eigenvalue weighted by molar-refractivity contribution is 5.94. The Labute approximate surface area is 492 Å². The van der Waals surface area contributed by atoms with Crippen LogP contribution in [0, 0.1) is 17.8 Å². The van der Waals surface area contributed by atoms with Gasteiger partial charge in [0.15, 0.2) is 36.3 Å². The monoisotopic (exact) mass is 1170 g/mol. The number of unbranched alkanes of at least 4 members (excludes halogenated alkanes) is 1. The van der Waals surface area contributed by atoms with Gasteiger partial charge in [0.05, 0.1) is 50.2 Å². The zero-order chi connectivity index (χ0) is 61.6. The molecule has 6 N–H and O–H groups in total. The number of esters is 1. The fourth-order valence-corrected chi connectivity index (χ4v) is 12.1. The van der Waals surface area contributed by atoms with E-state index in [1.54, 1.807) is 59.7 Å². The number of aliphatic hydroxyl groups is 3. The van der Waals surface area contributed by atoms with Crippen LogP contribution in [0.15, 0.2) is 48.5 Å². The van der Waals surface area contributed by atoms with Crippen molar-refractivity contribution in [2.45, 2.75) is 204 Å². The third-order valence-corrected chi connectivity index (χ3v) is 16.9. The molecule has 0 saturated carbocycles. The Morgan fingerprint density at radius 2 is 1.42 bits per heavy atom. The maximum atomic E-state index is 15.0. The van der Waals surface area contributed by atoms with Gasteiger partial charge in [0.25, 0.3) is 5.91 Å². The summed E-state index contributed by atoms with van der Waals surface area (Å²) in [5, 5.41) is 46.1. The maximum absolute atomic E-state index is 15.0. The smallest absolute Gasteiger partial charge is 0.407 e. The second-order valence-electron chi connectivity index (χ2n) is 24.0. The number of cyclic esters (lactones) is 1. The van der Waals surface area contributed by atoms with Crippen LogP contribution in [-0.4, -0.2) is 208 Å². The number of rotatable bonds is 20. The Morgan fingerprint density at radius 3 is 2.04 bits per heavy atom. The number of hydrogen-bond donors (Lipinski definition) is 6. The summed E-state index contributed by atoms with van der Waals surface area (Å²) in [7, 11) is 10.1. The predicted octanol–water partition coefficient (Wildman–Crippen LogP) is 5.84. The van der Waals surface area contributed by atoms with Gasteiger partial charge < -0.3 is 83.5 Å². The van der Waals surface area contributed by atoms with Gasteiger partial charge in [-0.1, -0.05) is 51.1 Å². The van der Waals surface area contributed by atoms with E-state index in [1.807, 2.05) is 82.0 Å². The van der Waals surface area contributed by atoms with Crippen molar-refractivity contribution in [2.24, 2.45) is 17.8 Å². The van der Waals surface area contributed by atoms with Crippen LogP contribution in [0.2, 0.25) is 0 Å². The highest BCUT2D eigenvalue weighted by Crippen LogP contribution is 2.41. The van der Waals surface area contributed by atoms with Gasteiger partial charge in [-0.15, -0.1) is 0 Å². The number of amides is 3. The van der Waals surface area contributed by atoms with E-state index in [9.17, 15) is 29.7 Å². The molecule has 83 heavy (non-hydrogen) atoms. The third kappa shape index (κ3) is 18.3. The van der Waals surface area contributed by atoms with Crippen molar-refractivity contribution >= 4 is 24.1 Å². The van der Waals surface area contributed by atoms with E-state index >= 15 is 4.79 Å². The summed E-state index contributed by atoms with van der Waals surface area (Å²) in [5.74, 6) is -2.40. The SMILES string of the molecule is CC[C@H]1OC(=O)[C@H](C)[C@@H](O[C@H]2C[C@@](C)(OC)[C@@H](OC(=O)NCCCCNC(=O)c3ccc(OC)c(OC)c3)[C@H](C)O2)[C@H](C)[C@@H](O[C@@H]2O[C@H](C)C[C@H](N(C)C)[C@H]2O)[C@](C)(O)C[C@@H](C)CN(C)[C@H](C)[C@@H](OC(=O)NCCc2ccccc2)[C@]1(C)O. The number of ether oxygens (including phenoxy) is 10. The largest absolute Gasteiger partial charge is 0.493 e. The molecule has 0 aliphatic carbocycles. The molecule has 0 aromatic heterocycles. The van der Waals surface area contributed by atoms with Gasteiger partial charge in [-0.05, 0) is 138 Å². The number of carbonyl (C=O) groups is 4. The highest BCUT2D eigenvalue weighted by atomic mass is 16.7. The summed E-state index contributed by atoms with van der Waals surface area (Å²) in [4.78, 5) is 58.8. The first-order chi connectivity index (χ1) is 39.1. The fraction of sp³-hybridized carbons (Fsp3) is 0.738. The molecule has 22 nitrogen and oxygen atoms in total. The molecule has 3 heterocycles. The van der Waals surface area contributed by atoms with Crippen LogP contribution in [0.3, 0.4) is 0 Å². The summed E-state index contributed by atoms with van der Waals surface area (Å²) < 4.78 is 62.0. The molecule has 22 heteroatoms. The van der Waals surface area contributed by atoms with E-state index in [0.29, 0.717) is 55.8 Å². The van der Waals surface area contributed by atoms with Crippen molar-refractivity contribution in [3.63, 3.8) is 0 Å². The number of methoxy groups -OCH3 is 3. The number of alkyl carbamates (subject to hydrolysis) is 2. The summed E-state index contributed by atoms with van der Waals surface area (Å²) in [5.41, 5.74) is -3.40. The number of nitrogens with zero attached hydrogens (tertiary/aromatic N) is 2. The van der Waals surface area contributed by atoms with Crippen LogP contribution in [0.4, 0.5) is 9.59 Å². The van der Waals surface area contributed by atoms with Gasteiger partial charge in [0, 0.05) is 63.3 Å². The minimum absolute atomic E-state index is 0.00488. The summed E-state index contributed by atoms with van der Waals surface area (Å²) in [6, 6.07) is 13.6. The Morgan fingerprint density at radius 1 is 0.795 bits per heavy atom. The molecular formula is C61H99N5O17. The lowest BCUT2D eigenvalue weighted by molar-refractivity contribution is -0.317. The van der Waals surface area contributed by atoms with E-state index < -0.39 is 108 Å². The number of carbonyl (C=O) groups excluding carboxylic acids is 4. The van der Waals surface area contributed by atoms with Crippen LogP contribution < -0.4 is 25.4 Å². The Balaban J connectivity index is 1.40. The van der Waals surface area contributed by atoms with Gasteiger partial charge in [-0.3, -0.25) is 14.5 Å². The molecule has 3 aliphatic rings. The minimum atomic E-state index is -1.94. The molecular weight excluding hydrogens is 1070 g/mol. The van der Waals surface area contributed by atoms with E-state index in [2.05, 4.69) is 16.0 Å². The molecule has 3 amide bonds. The van der Waals surface area contributed by atoms with Crippen LogP contribution >= 0.6 is 0 Å². The van der Waals surface area contributed by atoms with Crippen molar-refractivity contribution in [3.05, 3.63) is 59.7 Å². The van der Waals surface area contributed by atoms with Crippen LogP contribution in [0.25, 0.3) is 0 Å². The maximum Gasteiger partial charge on any atom is 0.407 e. The van der Waals surface area contributed by atoms with Crippen molar-refractivity contribution in [3.8, 4) is 11.5 Å². The van der Waals surface area contributed by atoms with E-state index in [-0.39, 0.29) is 56.3 Å². The number of hydrogen-bond acceptors (Lipinski definition) is 19. The third-order valence-electron chi connectivity index (χ3n) is 16.9. The molecule has 18 atom stereocenters. The number of benzene rings is 2. The van der Waals surface area contributed by atoms with E-state index in [4.69, 9.17) is 47.4 Å². The Kier molecular flexibility index (Phi) is 25.7. The van der Waals surface area contributed by atoms with Gasteiger partial charge in [-0.2, -0.15) is 0 Å². The van der Waals surface area contributed by atoms with Crippen molar-refractivity contribution < 1.29 is 81.9 Å². The van der Waals surface area contributed by atoms with Gasteiger partial charge in [0.2, 0.25) is 0 Å². The molecule has 0 bridgehead atoms. The van der Waals surface area contributed by atoms with Gasteiger partial charge in [0.1, 0.15) is 23.4 Å². The number of aliphatic hydroxyl groups excluding tert-OH is 1. The molecule has 2 aromatic carbocycles. The summed E-state index contributed by atoms with van der Waals surface area (Å²) >= 11 is 0. The predicted molar refractivity (Wildman–Crippen MR) is 310 cm³/mol. The fourth-order valence-electron chi connectivity index (χ4n) is 12.1. The molecule has 3 saturated heterocycles. The van der Waals surface area contributed by atoms with Crippen molar-refractivity contribution in [1.29, 1.82) is 0 Å². The molecule has 470 valence electrons. The second-order valence-corrected chi connectivity index (χ2v) is 24.0.